The minimum Gasteiger partial charge on any atom is -0.393 e. The zero-order valence-electron chi connectivity index (χ0n) is 8.95. The fraction of sp³-hybridized carbons (Fsp3) is 0.667. The zero-order chi connectivity index (χ0) is 10.8. The Kier molecular flexibility index (Phi) is 3.86. The summed E-state index contributed by atoms with van der Waals surface area (Å²) < 4.78 is 1.19. The third-order valence-electron chi connectivity index (χ3n) is 3.30. The molecule has 0 radical (unpaired) electrons. The van der Waals surface area contributed by atoms with E-state index in [4.69, 9.17) is 0 Å². The van der Waals surface area contributed by atoms with Crippen molar-refractivity contribution in [2.75, 3.05) is 0 Å². The number of aliphatic hydroxyl groups excluding tert-OH is 1. The van der Waals surface area contributed by atoms with Crippen molar-refractivity contribution in [3.63, 3.8) is 0 Å². The lowest BCUT2D eigenvalue weighted by molar-refractivity contribution is 0.0523. The first-order chi connectivity index (χ1) is 7.15. The second kappa shape index (κ2) is 4.98. The van der Waals surface area contributed by atoms with Crippen molar-refractivity contribution < 1.29 is 5.11 Å². The molecule has 0 aliphatic heterocycles. The normalized spacial score (nSPS) is 31.8. The summed E-state index contributed by atoms with van der Waals surface area (Å²) in [5.41, 5.74) is 0. The maximum Gasteiger partial charge on any atom is 0.0701 e. The molecular formula is C12H17BrOS. The van der Waals surface area contributed by atoms with Gasteiger partial charge in [0.05, 0.1) is 9.89 Å². The summed E-state index contributed by atoms with van der Waals surface area (Å²) in [6.45, 7) is 2.29. The summed E-state index contributed by atoms with van der Waals surface area (Å²) in [6.07, 6.45) is 4.31. The van der Waals surface area contributed by atoms with E-state index in [0.717, 1.165) is 18.8 Å². The van der Waals surface area contributed by atoms with Crippen LogP contribution in [0.5, 0.6) is 0 Å². The predicted molar refractivity (Wildman–Crippen MR) is 68.2 cm³/mol. The smallest absolute Gasteiger partial charge is 0.0701 e. The van der Waals surface area contributed by atoms with Gasteiger partial charge in [-0.2, -0.15) is 0 Å². The van der Waals surface area contributed by atoms with Crippen LogP contribution in [0.2, 0.25) is 0 Å². The lowest BCUT2D eigenvalue weighted by atomic mass is 9.78. The lowest BCUT2D eigenvalue weighted by Crippen LogP contribution is -2.29. The Morgan fingerprint density at radius 1 is 1.47 bits per heavy atom. The number of rotatable bonds is 2. The molecule has 1 aliphatic rings. The highest BCUT2D eigenvalue weighted by atomic mass is 79.9. The van der Waals surface area contributed by atoms with Crippen LogP contribution in [0.25, 0.3) is 0 Å². The molecule has 0 amide bonds. The largest absolute Gasteiger partial charge is 0.393 e. The van der Waals surface area contributed by atoms with Crippen molar-refractivity contribution in [1.29, 1.82) is 0 Å². The van der Waals surface area contributed by atoms with Crippen LogP contribution in [-0.2, 0) is 6.42 Å². The van der Waals surface area contributed by atoms with Gasteiger partial charge < -0.3 is 5.11 Å². The highest BCUT2D eigenvalue weighted by Gasteiger charge is 2.27. The summed E-state index contributed by atoms with van der Waals surface area (Å²) in [5.74, 6) is 1.25. The fourth-order valence-electron chi connectivity index (χ4n) is 2.42. The Labute approximate surface area is 104 Å². The van der Waals surface area contributed by atoms with E-state index < -0.39 is 0 Å². The van der Waals surface area contributed by atoms with Crippen molar-refractivity contribution in [3.05, 3.63) is 20.8 Å². The molecule has 1 nitrogen and oxygen atoms in total. The van der Waals surface area contributed by atoms with Crippen LogP contribution < -0.4 is 0 Å². The van der Waals surface area contributed by atoms with E-state index in [0.29, 0.717) is 5.92 Å². The van der Waals surface area contributed by atoms with Crippen LogP contribution in [0, 0.1) is 11.8 Å². The van der Waals surface area contributed by atoms with Crippen LogP contribution in [0.1, 0.15) is 31.1 Å². The number of hydrogen-bond donors (Lipinski definition) is 1. The fourth-order valence-corrected chi connectivity index (χ4v) is 4.00. The van der Waals surface area contributed by atoms with Gasteiger partial charge in [-0.1, -0.05) is 6.92 Å². The minimum absolute atomic E-state index is 0.0814. The number of hydrogen-bond acceptors (Lipinski definition) is 2. The van der Waals surface area contributed by atoms with Gasteiger partial charge >= 0.3 is 0 Å². The monoisotopic (exact) mass is 288 g/mol. The molecule has 1 heterocycles. The van der Waals surface area contributed by atoms with Gasteiger partial charge in [0, 0.05) is 4.88 Å². The summed E-state index contributed by atoms with van der Waals surface area (Å²) in [7, 11) is 0. The molecule has 1 aromatic heterocycles. The van der Waals surface area contributed by atoms with Crippen molar-refractivity contribution in [1.82, 2.24) is 0 Å². The minimum atomic E-state index is -0.0814. The highest BCUT2D eigenvalue weighted by Crippen LogP contribution is 2.33. The van der Waals surface area contributed by atoms with Crippen LogP contribution in [0.3, 0.4) is 0 Å². The lowest BCUT2D eigenvalue weighted by Gasteiger charge is -2.31. The molecule has 1 fully saturated rings. The van der Waals surface area contributed by atoms with Crippen LogP contribution >= 0.6 is 27.3 Å². The molecule has 2 rings (SSSR count). The van der Waals surface area contributed by atoms with Crippen LogP contribution in [0.4, 0.5) is 0 Å². The maximum absolute atomic E-state index is 9.95. The first kappa shape index (κ1) is 11.6. The first-order valence-electron chi connectivity index (χ1n) is 5.57. The Hall–Kier alpha value is 0.140. The first-order valence-corrected chi connectivity index (χ1v) is 7.18. The summed E-state index contributed by atoms with van der Waals surface area (Å²) in [5, 5.41) is 9.95. The van der Waals surface area contributed by atoms with Gasteiger partial charge in [-0.05, 0) is 65.6 Å². The summed E-state index contributed by atoms with van der Waals surface area (Å²) >= 11 is 5.27. The topological polar surface area (TPSA) is 20.2 Å². The number of aliphatic hydroxyl groups is 1. The SMILES string of the molecule is CC1CCC(O)C(Cc2ccc(Br)s2)C1. The number of thiophene rings is 1. The Morgan fingerprint density at radius 3 is 2.93 bits per heavy atom. The van der Waals surface area contributed by atoms with E-state index in [9.17, 15) is 5.11 Å². The molecule has 3 heteroatoms. The molecule has 3 unspecified atom stereocenters. The molecular weight excluding hydrogens is 272 g/mol. The zero-order valence-corrected chi connectivity index (χ0v) is 11.4. The summed E-state index contributed by atoms with van der Waals surface area (Å²) in [6, 6.07) is 4.26. The van der Waals surface area contributed by atoms with Crippen LogP contribution in [-0.4, -0.2) is 11.2 Å². The molecule has 1 aromatic rings. The van der Waals surface area contributed by atoms with Crippen molar-refractivity contribution in [3.8, 4) is 0 Å². The predicted octanol–water partition coefficient (Wildman–Crippen LogP) is 3.85. The molecule has 0 bridgehead atoms. The van der Waals surface area contributed by atoms with E-state index in [1.54, 1.807) is 11.3 Å². The van der Waals surface area contributed by atoms with Crippen molar-refractivity contribution >= 4 is 27.3 Å². The second-order valence-electron chi connectivity index (χ2n) is 4.66. The Bertz CT molecular complexity index is 323. The van der Waals surface area contributed by atoms with E-state index in [2.05, 4.69) is 35.0 Å². The Morgan fingerprint density at radius 2 is 2.27 bits per heavy atom. The van der Waals surface area contributed by atoms with Gasteiger partial charge in [0.2, 0.25) is 0 Å². The van der Waals surface area contributed by atoms with Crippen LogP contribution in [0.15, 0.2) is 15.9 Å². The molecule has 0 saturated heterocycles. The maximum atomic E-state index is 9.95. The average molecular weight is 289 g/mol. The molecule has 1 saturated carbocycles. The summed E-state index contributed by atoms with van der Waals surface area (Å²) in [4.78, 5) is 1.39. The molecule has 1 N–H and O–H groups in total. The van der Waals surface area contributed by atoms with Crippen molar-refractivity contribution in [2.24, 2.45) is 11.8 Å². The standard InChI is InChI=1S/C12H17BrOS/c1-8-2-4-11(14)9(6-8)7-10-3-5-12(13)15-10/h3,5,8-9,11,14H,2,4,6-7H2,1H3. The van der Waals surface area contributed by atoms with Gasteiger partial charge in [-0.15, -0.1) is 11.3 Å². The Balaban J connectivity index is 1.98. The molecule has 0 spiro atoms. The van der Waals surface area contributed by atoms with Crippen molar-refractivity contribution in [2.45, 2.75) is 38.7 Å². The van der Waals surface area contributed by atoms with E-state index in [-0.39, 0.29) is 6.10 Å². The molecule has 1 aliphatic carbocycles. The van der Waals surface area contributed by atoms with E-state index in [1.165, 1.54) is 21.5 Å². The third kappa shape index (κ3) is 3.05. The van der Waals surface area contributed by atoms with E-state index >= 15 is 0 Å². The molecule has 3 atom stereocenters. The van der Waals surface area contributed by atoms with Gasteiger partial charge in [0.25, 0.3) is 0 Å². The molecule has 15 heavy (non-hydrogen) atoms. The van der Waals surface area contributed by atoms with Gasteiger partial charge in [-0.25, -0.2) is 0 Å². The quantitative estimate of drug-likeness (QED) is 0.876. The van der Waals surface area contributed by atoms with Gasteiger partial charge in [0.1, 0.15) is 0 Å². The molecule has 84 valence electrons. The highest BCUT2D eigenvalue weighted by molar-refractivity contribution is 9.11. The number of halogens is 1. The second-order valence-corrected chi connectivity index (χ2v) is 7.20. The average Bonchev–Trinajstić information content (AvgIpc) is 2.58. The molecule has 0 aromatic carbocycles. The van der Waals surface area contributed by atoms with Gasteiger partial charge in [0.15, 0.2) is 0 Å². The van der Waals surface area contributed by atoms with Gasteiger partial charge in [-0.3, -0.25) is 0 Å². The third-order valence-corrected chi connectivity index (χ3v) is 4.94. The van der Waals surface area contributed by atoms with E-state index in [1.807, 2.05) is 0 Å².